The van der Waals surface area contributed by atoms with Crippen LogP contribution in [0.15, 0.2) is 108 Å². The molecule has 0 aromatic heterocycles. The Morgan fingerprint density at radius 2 is 1.49 bits per heavy atom. The summed E-state index contributed by atoms with van der Waals surface area (Å²) in [6, 6.07) is 26.4. The van der Waals surface area contributed by atoms with Gasteiger partial charge in [0.25, 0.3) is 10.0 Å². The number of carbonyl (C=O) groups excluding carboxylic acids is 2. The van der Waals surface area contributed by atoms with Gasteiger partial charge in [-0.25, -0.2) is 12.8 Å². The largest absolute Gasteiger partial charge is 0.352 e. The van der Waals surface area contributed by atoms with Crippen LogP contribution >= 0.6 is 11.6 Å². The molecule has 0 saturated carbocycles. The van der Waals surface area contributed by atoms with Crippen LogP contribution < -0.4 is 9.62 Å². The quantitative estimate of drug-likeness (QED) is 0.178. The van der Waals surface area contributed by atoms with E-state index in [1.54, 1.807) is 43.3 Å². The summed E-state index contributed by atoms with van der Waals surface area (Å²) < 4.78 is 43.1. The lowest BCUT2D eigenvalue weighted by molar-refractivity contribution is -0.140. The number of halogens is 2. The Labute approximate surface area is 269 Å². The number of benzene rings is 4. The molecule has 0 aliphatic carbocycles. The van der Waals surface area contributed by atoms with Crippen molar-refractivity contribution < 1.29 is 22.4 Å². The van der Waals surface area contributed by atoms with Crippen molar-refractivity contribution >= 4 is 39.1 Å². The van der Waals surface area contributed by atoms with E-state index in [0.29, 0.717) is 28.3 Å². The Balaban J connectivity index is 1.81. The number of hydrogen-bond donors (Lipinski definition) is 1. The maximum absolute atomic E-state index is 14.5. The Kier molecular flexibility index (Phi) is 11.4. The summed E-state index contributed by atoms with van der Waals surface area (Å²) in [6.07, 6.45) is 0.862. The fourth-order valence-corrected chi connectivity index (χ4v) is 6.48. The maximum atomic E-state index is 14.5. The highest BCUT2D eigenvalue weighted by atomic mass is 35.5. The van der Waals surface area contributed by atoms with Gasteiger partial charge in [0, 0.05) is 24.0 Å². The first-order valence-corrected chi connectivity index (χ1v) is 16.5. The smallest absolute Gasteiger partial charge is 0.264 e. The van der Waals surface area contributed by atoms with Crippen LogP contribution in [0.3, 0.4) is 0 Å². The third kappa shape index (κ3) is 8.71. The number of aryl methyl sites for hydroxylation is 1. The number of rotatable bonds is 13. The highest BCUT2D eigenvalue weighted by Crippen LogP contribution is 2.28. The first-order valence-electron chi connectivity index (χ1n) is 14.7. The molecule has 1 N–H and O–H groups in total. The predicted molar refractivity (Wildman–Crippen MR) is 176 cm³/mol. The van der Waals surface area contributed by atoms with Crippen LogP contribution in [0.2, 0.25) is 5.02 Å². The number of sulfonamides is 1. The van der Waals surface area contributed by atoms with Gasteiger partial charge in [-0.05, 0) is 79.4 Å². The topological polar surface area (TPSA) is 86.8 Å². The summed E-state index contributed by atoms with van der Waals surface area (Å²) in [5, 5.41) is 3.37. The fraction of sp³-hybridized carbons (Fsp3) is 0.257. The van der Waals surface area contributed by atoms with Gasteiger partial charge in [-0.3, -0.25) is 13.9 Å². The van der Waals surface area contributed by atoms with E-state index in [-0.39, 0.29) is 29.8 Å². The minimum Gasteiger partial charge on any atom is -0.352 e. The van der Waals surface area contributed by atoms with Crippen molar-refractivity contribution in [2.24, 2.45) is 0 Å². The standard InChI is InChI=1S/C35H37ClFN3O4S/c1-4-26(3)38-35(42)33(22-27-11-6-5-7-12-27)39(23-28-14-18-30(37)19-15-28)34(41)24-40(32-13-9-8-10-25(32)2)45(43,44)31-20-16-29(36)17-21-31/h5-21,26,33H,4,22-24H2,1-3H3,(H,38,42)/t26-,33-/m0/s1. The third-order valence-electron chi connectivity index (χ3n) is 7.60. The summed E-state index contributed by atoms with van der Waals surface area (Å²) in [7, 11) is -4.25. The molecule has 2 amide bonds. The van der Waals surface area contributed by atoms with Gasteiger partial charge in [0.1, 0.15) is 18.4 Å². The highest BCUT2D eigenvalue weighted by molar-refractivity contribution is 7.92. The van der Waals surface area contributed by atoms with Gasteiger partial charge in [-0.1, -0.05) is 79.2 Å². The van der Waals surface area contributed by atoms with Gasteiger partial charge >= 0.3 is 0 Å². The Morgan fingerprint density at radius 3 is 2.11 bits per heavy atom. The predicted octanol–water partition coefficient (Wildman–Crippen LogP) is 6.54. The van der Waals surface area contributed by atoms with Crippen molar-refractivity contribution in [3.8, 4) is 0 Å². The Hall–Kier alpha value is -4.21. The molecular weight excluding hydrogens is 613 g/mol. The van der Waals surface area contributed by atoms with Gasteiger partial charge < -0.3 is 10.2 Å². The number of anilines is 1. The molecule has 2 atom stereocenters. The second-order valence-corrected chi connectivity index (χ2v) is 13.2. The van der Waals surface area contributed by atoms with Crippen LogP contribution in [-0.2, 0) is 32.6 Å². The van der Waals surface area contributed by atoms with Crippen LogP contribution in [0.1, 0.15) is 37.0 Å². The molecule has 0 aliphatic rings. The Morgan fingerprint density at radius 1 is 0.867 bits per heavy atom. The molecule has 0 aliphatic heterocycles. The minimum atomic E-state index is -4.25. The molecule has 0 bridgehead atoms. The molecule has 7 nitrogen and oxygen atoms in total. The van der Waals surface area contributed by atoms with Gasteiger partial charge in [0.2, 0.25) is 11.8 Å². The average Bonchev–Trinajstić information content (AvgIpc) is 3.03. The number of nitrogens with zero attached hydrogens (tertiary/aromatic N) is 2. The van der Waals surface area contributed by atoms with Gasteiger partial charge in [-0.15, -0.1) is 0 Å². The van der Waals surface area contributed by atoms with E-state index < -0.39 is 34.3 Å². The zero-order valence-electron chi connectivity index (χ0n) is 25.5. The number of nitrogens with one attached hydrogen (secondary N) is 1. The zero-order chi connectivity index (χ0) is 32.6. The van der Waals surface area contributed by atoms with Crippen molar-refractivity contribution in [3.05, 3.63) is 131 Å². The van der Waals surface area contributed by atoms with E-state index in [2.05, 4.69) is 5.32 Å². The molecule has 4 aromatic rings. The molecule has 0 saturated heterocycles. The van der Waals surface area contributed by atoms with Gasteiger partial charge in [0.15, 0.2) is 0 Å². The molecule has 0 radical (unpaired) electrons. The number of para-hydroxylation sites is 1. The number of amides is 2. The number of hydrogen-bond acceptors (Lipinski definition) is 4. The van der Waals surface area contributed by atoms with Gasteiger partial charge in [0.05, 0.1) is 10.6 Å². The van der Waals surface area contributed by atoms with Gasteiger partial charge in [-0.2, -0.15) is 0 Å². The fourth-order valence-electron chi connectivity index (χ4n) is 4.87. The van der Waals surface area contributed by atoms with E-state index in [1.165, 1.54) is 41.3 Å². The molecule has 0 spiro atoms. The van der Waals surface area contributed by atoms with Crippen molar-refractivity contribution in [1.82, 2.24) is 10.2 Å². The molecule has 0 unspecified atom stereocenters. The van der Waals surface area contributed by atoms with Crippen LogP contribution in [0.5, 0.6) is 0 Å². The first-order chi connectivity index (χ1) is 21.5. The SMILES string of the molecule is CC[C@H](C)NC(=O)[C@H](Cc1ccccc1)N(Cc1ccc(F)cc1)C(=O)CN(c1ccccc1C)S(=O)(=O)c1ccc(Cl)cc1. The Bertz CT molecular complexity index is 1700. The van der Waals surface area contributed by atoms with Crippen LogP contribution in [0.4, 0.5) is 10.1 Å². The summed E-state index contributed by atoms with van der Waals surface area (Å²) in [5.41, 5.74) is 2.37. The highest BCUT2D eigenvalue weighted by Gasteiger charge is 2.35. The lowest BCUT2D eigenvalue weighted by Gasteiger charge is -2.34. The molecule has 0 heterocycles. The third-order valence-corrected chi connectivity index (χ3v) is 9.63. The molecule has 4 rings (SSSR count). The molecule has 4 aromatic carbocycles. The van der Waals surface area contributed by atoms with E-state index in [0.717, 1.165) is 9.87 Å². The maximum Gasteiger partial charge on any atom is 0.264 e. The zero-order valence-corrected chi connectivity index (χ0v) is 27.1. The first kappa shape index (κ1) is 33.7. The molecule has 45 heavy (non-hydrogen) atoms. The summed E-state index contributed by atoms with van der Waals surface area (Å²) >= 11 is 6.04. The van der Waals surface area contributed by atoms with Crippen molar-refractivity contribution in [1.29, 1.82) is 0 Å². The van der Waals surface area contributed by atoms with Crippen LogP contribution in [-0.4, -0.2) is 43.8 Å². The summed E-state index contributed by atoms with van der Waals surface area (Å²) in [4.78, 5) is 29.7. The summed E-state index contributed by atoms with van der Waals surface area (Å²) in [5.74, 6) is -1.40. The lowest BCUT2D eigenvalue weighted by atomic mass is 10.0. The van der Waals surface area contributed by atoms with Crippen LogP contribution in [0, 0.1) is 12.7 Å². The summed E-state index contributed by atoms with van der Waals surface area (Å²) in [6.45, 7) is 4.95. The van der Waals surface area contributed by atoms with E-state index >= 15 is 0 Å². The average molecular weight is 650 g/mol. The van der Waals surface area contributed by atoms with Crippen molar-refractivity contribution in [2.75, 3.05) is 10.8 Å². The van der Waals surface area contributed by atoms with E-state index in [1.807, 2.05) is 44.2 Å². The second kappa shape index (κ2) is 15.2. The van der Waals surface area contributed by atoms with Crippen molar-refractivity contribution in [3.63, 3.8) is 0 Å². The number of carbonyl (C=O) groups is 2. The van der Waals surface area contributed by atoms with Crippen molar-refractivity contribution in [2.45, 2.75) is 57.1 Å². The monoisotopic (exact) mass is 649 g/mol. The molecule has 236 valence electrons. The molecule has 10 heteroatoms. The second-order valence-electron chi connectivity index (χ2n) is 10.9. The minimum absolute atomic E-state index is 0.0385. The van der Waals surface area contributed by atoms with E-state index in [9.17, 15) is 22.4 Å². The lowest BCUT2D eigenvalue weighted by Crippen LogP contribution is -2.54. The normalized spacial score (nSPS) is 12.6. The van der Waals surface area contributed by atoms with E-state index in [4.69, 9.17) is 11.6 Å². The molecular formula is C35H37ClFN3O4S. The molecule has 0 fully saturated rings. The van der Waals surface area contributed by atoms with Crippen LogP contribution in [0.25, 0.3) is 0 Å².